The van der Waals surface area contributed by atoms with Crippen molar-refractivity contribution in [1.29, 1.82) is 0 Å². The van der Waals surface area contributed by atoms with Crippen LogP contribution in [0, 0.1) is 5.92 Å². The molecule has 3 fully saturated rings. The Balaban J connectivity index is 1.26. The van der Waals surface area contributed by atoms with Gasteiger partial charge < -0.3 is 14.8 Å². The maximum Gasteiger partial charge on any atom is 0.240 e. The number of hydrogen-bond acceptors (Lipinski definition) is 5. The number of amides is 1. The molecule has 4 heterocycles. The maximum atomic E-state index is 13.0. The van der Waals surface area contributed by atoms with Crippen LogP contribution in [0.1, 0.15) is 23.3 Å². The highest BCUT2D eigenvalue weighted by atomic mass is 79.9. The van der Waals surface area contributed by atoms with E-state index in [9.17, 15) is 4.79 Å². The summed E-state index contributed by atoms with van der Waals surface area (Å²) in [6, 6.07) is 10.0. The number of nitrogens with one attached hydrogen (secondary N) is 1. The Bertz CT molecular complexity index is 862. The number of hydrogen-bond donors (Lipinski definition) is 1. The molecule has 1 saturated carbocycles. The zero-order valence-corrected chi connectivity index (χ0v) is 16.6. The smallest absolute Gasteiger partial charge is 0.240 e. The van der Waals surface area contributed by atoms with Crippen molar-refractivity contribution in [3.63, 3.8) is 0 Å². The van der Waals surface area contributed by atoms with Crippen LogP contribution in [0.4, 0.5) is 0 Å². The molecule has 7 heteroatoms. The SMILES string of the molecule is O=C(NCc1ccc2c(c1)OCO2)C12CC(CN1Cc1ccc(Br)s1)C2. The average Bonchev–Trinajstić information content (AvgIpc) is 3.35. The second-order valence-electron chi connectivity index (χ2n) is 7.26. The lowest BCUT2D eigenvalue weighted by Crippen LogP contribution is -2.57. The van der Waals surface area contributed by atoms with E-state index in [4.69, 9.17) is 9.47 Å². The van der Waals surface area contributed by atoms with E-state index in [1.54, 1.807) is 11.3 Å². The molecule has 1 aromatic carbocycles. The van der Waals surface area contributed by atoms with Crippen LogP contribution in [0.15, 0.2) is 34.1 Å². The van der Waals surface area contributed by atoms with Crippen LogP contribution in [0.5, 0.6) is 11.5 Å². The zero-order valence-electron chi connectivity index (χ0n) is 14.2. The van der Waals surface area contributed by atoms with E-state index in [1.807, 2.05) is 18.2 Å². The number of fused-ring (bicyclic) bond motifs is 2. The van der Waals surface area contributed by atoms with E-state index >= 15 is 0 Å². The molecule has 1 aromatic heterocycles. The number of rotatable bonds is 5. The summed E-state index contributed by atoms with van der Waals surface area (Å²) in [5.74, 6) is 2.34. The molecule has 3 aliphatic heterocycles. The van der Waals surface area contributed by atoms with Gasteiger partial charge in [-0.25, -0.2) is 0 Å². The minimum Gasteiger partial charge on any atom is -0.454 e. The highest BCUT2D eigenvalue weighted by Crippen LogP contribution is 2.51. The van der Waals surface area contributed by atoms with Gasteiger partial charge in [-0.15, -0.1) is 11.3 Å². The molecule has 136 valence electrons. The van der Waals surface area contributed by atoms with Gasteiger partial charge in [-0.05, 0) is 64.5 Å². The topological polar surface area (TPSA) is 50.8 Å². The predicted octanol–water partition coefficient (Wildman–Crippen LogP) is 3.52. The van der Waals surface area contributed by atoms with Crippen LogP contribution in [0.3, 0.4) is 0 Å². The molecular formula is C19H19BrN2O3S. The molecule has 1 N–H and O–H groups in total. The summed E-state index contributed by atoms with van der Waals surface area (Å²) in [6.45, 7) is 2.65. The molecule has 0 unspecified atom stereocenters. The number of carbonyl (C=O) groups is 1. The van der Waals surface area contributed by atoms with Gasteiger partial charge in [0, 0.05) is 24.5 Å². The van der Waals surface area contributed by atoms with E-state index < -0.39 is 0 Å². The van der Waals surface area contributed by atoms with E-state index in [-0.39, 0.29) is 18.2 Å². The first-order valence-electron chi connectivity index (χ1n) is 8.78. The first kappa shape index (κ1) is 16.6. The number of nitrogens with zero attached hydrogens (tertiary/aromatic N) is 1. The minimum atomic E-state index is -0.322. The summed E-state index contributed by atoms with van der Waals surface area (Å²) in [4.78, 5) is 16.7. The molecule has 26 heavy (non-hydrogen) atoms. The molecule has 4 aliphatic rings. The maximum absolute atomic E-state index is 13.0. The van der Waals surface area contributed by atoms with E-state index in [0.29, 0.717) is 12.5 Å². The Labute approximate surface area is 164 Å². The van der Waals surface area contributed by atoms with Gasteiger partial charge in [-0.3, -0.25) is 9.69 Å². The third-order valence-corrected chi connectivity index (χ3v) is 7.23. The van der Waals surface area contributed by atoms with Gasteiger partial charge in [0.25, 0.3) is 0 Å². The van der Waals surface area contributed by atoms with Crippen LogP contribution in [0.2, 0.25) is 0 Å². The van der Waals surface area contributed by atoms with Gasteiger partial charge in [0.2, 0.25) is 12.7 Å². The largest absolute Gasteiger partial charge is 0.454 e. The molecule has 2 bridgehead atoms. The fraction of sp³-hybridized carbons (Fsp3) is 0.421. The van der Waals surface area contributed by atoms with Gasteiger partial charge in [0.1, 0.15) is 5.54 Å². The average molecular weight is 435 g/mol. The summed E-state index contributed by atoms with van der Waals surface area (Å²) < 4.78 is 11.9. The third kappa shape index (κ3) is 2.73. The highest BCUT2D eigenvalue weighted by molar-refractivity contribution is 9.11. The molecule has 1 amide bonds. The van der Waals surface area contributed by atoms with Crippen LogP contribution in [0.25, 0.3) is 0 Å². The highest BCUT2D eigenvalue weighted by Gasteiger charge is 2.60. The number of ether oxygens (including phenoxy) is 2. The Hall–Kier alpha value is -1.57. The fourth-order valence-electron chi connectivity index (χ4n) is 4.34. The lowest BCUT2D eigenvalue weighted by molar-refractivity contribution is -0.135. The number of carbonyl (C=O) groups excluding carboxylic acids is 1. The number of benzene rings is 1. The lowest BCUT2D eigenvalue weighted by atomic mass is 9.72. The van der Waals surface area contributed by atoms with Crippen molar-refractivity contribution in [3.05, 3.63) is 44.6 Å². The molecular weight excluding hydrogens is 416 g/mol. The Morgan fingerprint density at radius 1 is 1.27 bits per heavy atom. The lowest BCUT2D eigenvalue weighted by Gasteiger charge is -2.40. The van der Waals surface area contributed by atoms with Gasteiger partial charge in [0.05, 0.1) is 3.79 Å². The third-order valence-electron chi connectivity index (χ3n) is 5.62. The molecule has 6 rings (SSSR count). The first-order valence-corrected chi connectivity index (χ1v) is 10.4. The molecule has 0 spiro atoms. The summed E-state index contributed by atoms with van der Waals surface area (Å²) in [5.41, 5.74) is 0.707. The van der Waals surface area contributed by atoms with Gasteiger partial charge >= 0.3 is 0 Å². The van der Waals surface area contributed by atoms with Crippen LogP contribution < -0.4 is 14.8 Å². The molecule has 0 atom stereocenters. The van der Waals surface area contributed by atoms with Crippen molar-refractivity contribution >= 4 is 33.2 Å². The second kappa shape index (κ2) is 6.25. The quantitative estimate of drug-likeness (QED) is 0.781. The summed E-state index contributed by atoms with van der Waals surface area (Å²) in [7, 11) is 0. The minimum absolute atomic E-state index is 0.152. The number of thiophene rings is 1. The van der Waals surface area contributed by atoms with E-state index in [1.165, 1.54) is 4.88 Å². The second-order valence-corrected chi connectivity index (χ2v) is 9.81. The first-order chi connectivity index (χ1) is 12.6. The van der Waals surface area contributed by atoms with Crippen LogP contribution in [-0.2, 0) is 17.9 Å². The van der Waals surface area contributed by atoms with Crippen LogP contribution >= 0.6 is 27.3 Å². The fourth-order valence-corrected chi connectivity index (χ4v) is 5.84. The van der Waals surface area contributed by atoms with Gasteiger partial charge in [0.15, 0.2) is 11.5 Å². The van der Waals surface area contributed by atoms with Crippen molar-refractivity contribution in [2.75, 3.05) is 13.3 Å². The molecule has 2 aromatic rings. The van der Waals surface area contributed by atoms with E-state index in [0.717, 1.165) is 46.8 Å². The number of halogens is 1. The molecule has 5 nitrogen and oxygen atoms in total. The predicted molar refractivity (Wildman–Crippen MR) is 102 cm³/mol. The monoisotopic (exact) mass is 434 g/mol. The Morgan fingerprint density at radius 3 is 2.92 bits per heavy atom. The van der Waals surface area contributed by atoms with Crippen molar-refractivity contribution < 1.29 is 14.3 Å². The van der Waals surface area contributed by atoms with Gasteiger partial charge in [-0.2, -0.15) is 0 Å². The summed E-state index contributed by atoms with van der Waals surface area (Å²) in [5, 5.41) is 3.15. The van der Waals surface area contributed by atoms with Crippen molar-refractivity contribution in [3.8, 4) is 11.5 Å². The van der Waals surface area contributed by atoms with E-state index in [2.05, 4.69) is 38.3 Å². The molecule has 0 radical (unpaired) electrons. The molecule has 2 saturated heterocycles. The van der Waals surface area contributed by atoms with Gasteiger partial charge in [-0.1, -0.05) is 6.07 Å². The summed E-state index contributed by atoms with van der Waals surface area (Å²) in [6.07, 6.45) is 1.96. The Morgan fingerprint density at radius 2 is 2.12 bits per heavy atom. The molecule has 1 aliphatic carbocycles. The zero-order chi connectivity index (χ0) is 17.7. The Kier molecular flexibility index (Phi) is 3.99. The normalized spacial score (nSPS) is 26.0. The summed E-state index contributed by atoms with van der Waals surface area (Å²) >= 11 is 5.27. The van der Waals surface area contributed by atoms with Crippen molar-refractivity contribution in [2.45, 2.75) is 31.5 Å². The standard InChI is InChI=1S/C19H19BrN2O3S/c20-17-4-2-14(26-17)10-22-9-13-6-19(22,7-13)18(23)21-8-12-1-3-15-16(5-12)25-11-24-15/h1-5,13H,6-11H2,(H,21,23). The van der Waals surface area contributed by atoms with Crippen molar-refractivity contribution in [1.82, 2.24) is 10.2 Å². The van der Waals surface area contributed by atoms with Crippen LogP contribution in [-0.4, -0.2) is 29.7 Å². The van der Waals surface area contributed by atoms with Crippen molar-refractivity contribution in [2.24, 2.45) is 5.92 Å².